The Morgan fingerprint density at radius 3 is 2.12 bits per heavy atom. The number of esters is 2. The van der Waals surface area contributed by atoms with E-state index in [4.69, 9.17) is 16.3 Å². The van der Waals surface area contributed by atoms with Gasteiger partial charge in [-0.15, -0.1) is 0 Å². The molecule has 0 bridgehead atoms. The van der Waals surface area contributed by atoms with Crippen LogP contribution in [0.5, 0.6) is 0 Å². The van der Waals surface area contributed by atoms with Gasteiger partial charge < -0.3 is 14.8 Å². The van der Waals surface area contributed by atoms with Crippen LogP contribution in [0.15, 0.2) is 47.4 Å². The second-order valence-electron chi connectivity index (χ2n) is 6.43. The number of nitrogens with zero attached hydrogens (tertiary/aromatic N) is 1. The average Bonchev–Trinajstić information content (AvgIpc) is 2.78. The molecule has 0 aromatic heterocycles. The maximum Gasteiger partial charge on any atom is 0.338 e. The van der Waals surface area contributed by atoms with Gasteiger partial charge in [0.25, 0.3) is 5.91 Å². The van der Waals surface area contributed by atoms with Gasteiger partial charge in [0.2, 0.25) is 10.0 Å². The lowest BCUT2D eigenvalue weighted by Crippen LogP contribution is -2.31. The zero-order valence-corrected chi connectivity index (χ0v) is 19.3. The Hall–Kier alpha value is -2.95. The van der Waals surface area contributed by atoms with E-state index in [0.29, 0.717) is 11.3 Å². The van der Waals surface area contributed by atoms with Gasteiger partial charge in [0, 0.05) is 18.8 Å². The number of hydrogen-bond donors (Lipinski definition) is 1. The molecule has 2 aromatic rings. The minimum absolute atomic E-state index is 0.0263. The van der Waals surface area contributed by atoms with Gasteiger partial charge in [-0.2, -0.15) is 4.31 Å². The molecule has 0 aliphatic rings. The van der Waals surface area contributed by atoms with Crippen molar-refractivity contribution in [3.05, 3.63) is 58.6 Å². The third-order valence-electron chi connectivity index (χ3n) is 4.41. The Labute approximate surface area is 191 Å². The maximum absolute atomic E-state index is 12.7. The highest BCUT2D eigenvalue weighted by molar-refractivity contribution is 7.89. The van der Waals surface area contributed by atoms with Crippen molar-refractivity contribution >= 4 is 45.2 Å². The van der Waals surface area contributed by atoms with Crippen molar-refractivity contribution < 1.29 is 32.3 Å². The number of benzene rings is 2. The van der Waals surface area contributed by atoms with Crippen molar-refractivity contribution in [1.29, 1.82) is 0 Å². The monoisotopic (exact) mass is 482 g/mol. The number of amides is 1. The highest BCUT2D eigenvalue weighted by atomic mass is 35.5. The third kappa shape index (κ3) is 6.06. The Morgan fingerprint density at radius 2 is 1.56 bits per heavy atom. The zero-order chi connectivity index (χ0) is 23.9. The fourth-order valence-electron chi connectivity index (χ4n) is 2.75. The van der Waals surface area contributed by atoms with Crippen molar-refractivity contribution in [2.75, 3.05) is 32.1 Å². The van der Waals surface area contributed by atoms with Gasteiger partial charge in [-0.3, -0.25) is 4.79 Å². The summed E-state index contributed by atoms with van der Waals surface area (Å²) in [5.41, 5.74) is 0.642. The first-order valence-electron chi connectivity index (χ1n) is 9.59. The predicted molar refractivity (Wildman–Crippen MR) is 118 cm³/mol. The zero-order valence-electron chi connectivity index (χ0n) is 17.8. The van der Waals surface area contributed by atoms with E-state index in [1.54, 1.807) is 13.8 Å². The summed E-state index contributed by atoms with van der Waals surface area (Å²) < 4.78 is 36.3. The quantitative estimate of drug-likeness (QED) is 0.545. The molecule has 1 N–H and O–H groups in total. The van der Waals surface area contributed by atoms with Crippen LogP contribution >= 0.6 is 11.6 Å². The van der Waals surface area contributed by atoms with E-state index < -0.39 is 34.5 Å². The summed E-state index contributed by atoms with van der Waals surface area (Å²) in [5.74, 6) is -2.01. The lowest BCUT2D eigenvalue weighted by atomic mass is 10.2. The number of methoxy groups -OCH3 is 1. The second kappa shape index (κ2) is 11.1. The molecule has 0 saturated carbocycles. The molecule has 172 valence electrons. The highest BCUT2D eigenvalue weighted by Crippen LogP contribution is 2.26. The van der Waals surface area contributed by atoms with Crippen LogP contribution < -0.4 is 5.32 Å². The number of nitrogens with one attached hydrogen (secondary N) is 1. The van der Waals surface area contributed by atoms with Crippen LogP contribution in [0, 0.1) is 0 Å². The van der Waals surface area contributed by atoms with Gasteiger partial charge in [0.05, 0.1) is 23.3 Å². The SMILES string of the molecule is CCN(CC)S(=O)(=O)c1cc(C(=O)OCC(=O)Nc2ccc(C(=O)OC)cc2)ccc1Cl. The van der Waals surface area contributed by atoms with Gasteiger partial charge in [-0.05, 0) is 42.5 Å². The molecule has 0 unspecified atom stereocenters. The molecule has 0 saturated heterocycles. The van der Waals surface area contributed by atoms with Gasteiger partial charge in [-0.25, -0.2) is 18.0 Å². The molecule has 11 heteroatoms. The standard InChI is InChI=1S/C21H23ClN2O7S/c1-4-24(5-2)32(28,29)18-12-15(8-11-17(18)22)21(27)31-13-19(25)23-16-9-6-14(7-10-16)20(26)30-3/h6-12H,4-5,13H2,1-3H3,(H,23,25). The normalized spacial score (nSPS) is 11.2. The van der Waals surface area contributed by atoms with Crippen molar-refractivity contribution in [3.63, 3.8) is 0 Å². The average molecular weight is 483 g/mol. The minimum atomic E-state index is -3.89. The molecule has 0 atom stereocenters. The van der Waals surface area contributed by atoms with Gasteiger partial charge in [0.1, 0.15) is 4.90 Å². The number of ether oxygens (including phenoxy) is 2. The van der Waals surface area contributed by atoms with E-state index in [1.165, 1.54) is 47.8 Å². The van der Waals surface area contributed by atoms with Crippen molar-refractivity contribution in [2.45, 2.75) is 18.7 Å². The van der Waals surface area contributed by atoms with Crippen LogP contribution in [-0.2, 0) is 24.3 Å². The van der Waals surface area contributed by atoms with Crippen molar-refractivity contribution in [1.82, 2.24) is 4.31 Å². The van der Waals surface area contributed by atoms with E-state index in [1.807, 2.05) is 0 Å². The van der Waals surface area contributed by atoms with E-state index in [0.717, 1.165) is 6.07 Å². The summed E-state index contributed by atoms with van der Waals surface area (Å²) in [4.78, 5) is 35.6. The second-order valence-corrected chi connectivity index (χ2v) is 8.74. The summed E-state index contributed by atoms with van der Waals surface area (Å²) in [6.07, 6.45) is 0. The van der Waals surface area contributed by atoms with E-state index in [9.17, 15) is 22.8 Å². The van der Waals surface area contributed by atoms with E-state index in [2.05, 4.69) is 10.1 Å². The number of hydrogen-bond acceptors (Lipinski definition) is 7. The summed E-state index contributed by atoms with van der Waals surface area (Å²) in [6, 6.07) is 9.66. The van der Waals surface area contributed by atoms with Gasteiger partial charge in [-0.1, -0.05) is 25.4 Å². The lowest BCUT2D eigenvalue weighted by Gasteiger charge is -2.19. The summed E-state index contributed by atoms with van der Waals surface area (Å²) in [6.45, 7) is 3.26. The number of carbonyl (C=O) groups is 3. The van der Waals surface area contributed by atoms with Gasteiger partial charge in [0.15, 0.2) is 6.61 Å². The van der Waals surface area contributed by atoms with Gasteiger partial charge >= 0.3 is 11.9 Å². The molecule has 0 aliphatic heterocycles. The van der Waals surface area contributed by atoms with Crippen LogP contribution in [-0.4, -0.2) is 57.4 Å². The first-order chi connectivity index (χ1) is 15.1. The number of anilines is 1. The van der Waals surface area contributed by atoms with Crippen LogP contribution in [0.1, 0.15) is 34.6 Å². The van der Waals surface area contributed by atoms with Crippen molar-refractivity contribution in [2.24, 2.45) is 0 Å². The number of carbonyl (C=O) groups excluding carboxylic acids is 3. The first-order valence-corrected chi connectivity index (χ1v) is 11.4. The molecule has 1 amide bonds. The molecule has 9 nitrogen and oxygen atoms in total. The highest BCUT2D eigenvalue weighted by Gasteiger charge is 2.26. The Kier molecular flexibility index (Phi) is 8.76. The van der Waals surface area contributed by atoms with Crippen LogP contribution in [0.3, 0.4) is 0 Å². The molecule has 2 rings (SSSR count). The molecule has 0 spiro atoms. The number of rotatable bonds is 9. The fourth-order valence-corrected chi connectivity index (χ4v) is 4.71. The molecular weight excluding hydrogens is 460 g/mol. The number of halogens is 1. The summed E-state index contributed by atoms with van der Waals surface area (Å²) in [7, 11) is -2.63. The fraction of sp³-hybridized carbons (Fsp3) is 0.286. The smallest absolute Gasteiger partial charge is 0.338 e. The minimum Gasteiger partial charge on any atom is -0.465 e. The lowest BCUT2D eigenvalue weighted by molar-refractivity contribution is -0.119. The van der Waals surface area contributed by atoms with E-state index in [-0.39, 0.29) is 28.6 Å². The largest absolute Gasteiger partial charge is 0.465 e. The van der Waals surface area contributed by atoms with Crippen LogP contribution in [0.25, 0.3) is 0 Å². The third-order valence-corrected chi connectivity index (χ3v) is 6.95. The Balaban J connectivity index is 2.05. The molecule has 2 aromatic carbocycles. The molecule has 0 radical (unpaired) electrons. The summed E-state index contributed by atoms with van der Waals surface area (Å²) in [5, 5.41) is 2.49. The molecule has 32 heavy (non-hydrogen) atoms. The Bertz CT molecular complexity index is 1100. The number of sulfonamides is 1. The predicted octanol–water partition coefficient (Wildman–Crippen LogP) is 2.95. The van der Waals surface area contributed by atoms with Crippen LogP contribution in [0.2, 0.25) is 5.02 Å². The molecule has 0 aliphatic carbocycles. The summed E-state index contributed by atoms with van der Waals surface area (Å²) >= 11 is 6.05. The molecule has 0 heterocycles. The molecular formula is C21H23ClN2O7S. The molecule has 0 fully saturated rings. The maximum atomic E-state index is 12.7. The van der Waals surface area contributed by atoms with E-state index >= 15 is 0 Å². The van der Waals surface area contributed by atoms with Crippen LogP contribution in [0.4, 0.5) is 5.69 Å². The topological polar surface area (TPSA) is 119 Å². The Morgan fingerprint density at radius 1 is 0.969 bits per heavy atom. The first kappa shape index (κ1) is 25.3. The van der Waals surface area contributed by atoms with Crippen molar-refractivity contribution in [3.8, 4) is 0 Å².